The van der Waals surface area contributed by atoms with Crippen molar-refractivity contribution in [3.05, 3.63) is 89.7 Å². The Hall–Kier alpha value is -3.59. The van der Waals surface area contributed by atoms with Gasteiger partial charge in [-0.05, 0) is 66.8 Å². The maximum Gasteiger partial charge on any atom is 0.338 e. The lowest BCUT2D eigenvalue weighted by Crippen LogP contribution is -2.49. The lowest BCUT2D eigenvalue weighted by atomic mass is 10.0. The van der Waals surface area contributed by atoms with E-state index in [1.807, 2.05) is 30.5 Å². The molecule has 234 valence electrons. The number of hydrogen-bond acceptors (Lipinski definition) is 6. The van der Waals surface area contributed by atoms with E-state index in [-0.39, 0.29) is 18.7 Å². The number of hydrogen-bond donors (Lipinski definition) is 0. The highest BCUT2D eigenvalue weighted by molar-refractivity contribution is 5.93. The molecule has 1 aliphatic rings. The number of ether oxygens (including phenoxy) is 2. The van der Waals surface area contributed by atoms with Crippen LogP contribution in [-0.4, -0.2) is 83.5 Å². The first kappa shape index (κ1) is 31.8. The molecule has 3 heterocycles. The van der Waals surface area contributed by atoms with Crippen molar-refractivity contribution in [3.63, 3.8) is 0 Å². The summed E-state index contributed by atoms with van der Waals surface area (Å²) in [6.07, 6.45) is 5.69. The monoisotopic (exact) mass is 600 g/mol. The van der Waals surface area contributed by atoms with E-state index >= 15 is 0 Å². The fraction of sp³-hybridized carbons (Fsp3) is 0.444. The van der Waals surface area contributed by atoms with Gasteiger partial charge in [-0.25, -0.2) is 14.2 Å². The van der Waals surface area contributed by atoms with Crippen molar-refractivity contribution in [1.82, 2.24) is 19.4 Å². The molecule has 0 bridgehead atoms. The molecule has 0 amide bonds. The van der Waals surface area contributed by atoms with Gasteiger partial charge >= 0.3 is 5.97 Å². The maximum atomic E-state index is 14.0. The summed E-state index contributed by atoms with van der Waals surface area (Å²) in [5, 5.41) is 1.10. The minimum atomic E-state index is -1.15. The highest BCUT2D eigenvalue weighted by atomic mass is 19.1. The van der Waals surface area contributed by atoms with Crippen LogP contribution in [0, 0.1) is 0 Å². The molecule has 2 aromatic heterocycles. The van der Waals surface area contributed by atoms with E-state index in [1.165, 1.54) is 5.56 Å². The van der Waals surface area contributed by atoms with Crippen LogP contribution >= 0.6 is 0 Å². The van der Waals surface area contributed by atoms with Crippen LogP contribution in [0.2, 0.25) is 0 Å². The second-order valence-corrected chi connectivity index (χ2v) is 12.4. The highest BCUT2D eigenvalue weighted by Gasteiger charge is 2.24. The van der Waals surface area contributed by atoms with E-state index in [9.17, 15) is 9.18 Å². The summed E-state index contributed by atoms with van der Waals surface area (Å²) in [6, 6.07) is 20.6. The lowest BCUT2D eigenvalue weighted by molar-refractivity contribution is 0.00781. The molecule has 1 atom stereocenters. The van der Waals surface area contributed by atoms with Crippen molar-refractivity contribution in [2.75, 3.05) is 46.4 Å². The van der Waals surface area contributed by atoms with Gasteiger partial charge in [0.25, 0.3) is 0 Å². The Morgan fingerprint density at radius 1 is 0.932 bits per heavy atom. The summed E-state index contributed by atoms with van der Waals surface area (Å²) in [7, 11) is 1.64. The van der Waals surface area contributed by atoms with Gasteiger partial charge in [0.2, 0.25) is 0 Å². The Morgan fingerprint density at radius 3 is 2.25 bits per heavy atom. The van der Waals surface area contributed by atoms with E-state index in [2.05, 4.69) is 63.9 Å². The third-order valence-electron chi connectivity index (χ3n) is 8.28. The molecule has 1 fully saturated rings. The molecule has 4 aromatic rings. The molecule has 0 N–H and O–H groups in total. The Bertz CT molecular complexity index is 1500. The van der Waals surface area contributed by atoms with E-state index in [4.69, 9.17) is 14.5 Å². The molecule has 0 aliphatic carbocycles. The van der Waals surface area contributed by atoms with Crippen molar-refractivity contribution < 1.29 is 18.7 Å². The summed E-state index contributed by atoms with van der Waals surface area (Å²) in [5.41, 5.74) is 4.97. The van der Waals surface area contributed by atoms with Crippen LogP contribution in [0.5, 0.6) is 0 Å². The summed E-state index contributed by atoms with van der Waals surface area (Å²) in [6.45, 7) is 11.4. The number of esters is 1. The number of alkyl halides is 1. The van der Waals surface area contributed by atoms with Crippen LogP contribution in [-0.2, 0) is 22.6 Å². The van der Waals surface area contributed by atoms with Gasteiger partial charge < -0.3 is 14.0 Å². The molecule has 5 rings (SSSR count). The van der Waals surface area contributed by atoms with E-state index < -0.39 is 5.67 Å². The predicted octanol–water partition coefficient (Wildman–Crippen LogP) is 6.59. The minimum absolute atomic E-state index is 0.0741. The number of nitrogens with zero attached hydrogens (tertiary/aromatic N) is 4. The Kier molecular flexibility index (Phi) is 10.5. The average Bonchev–Trinajstić information content (AvgIpc) is 3.43. The zero-order valence-electron chi connectivity index (χ0n) is 26.5. The van der Waals surface area contributed by atoms with E-state index in [1.54, 1.807) is 21.0 Å². The second kappa shape index (κ2) is 14.5. The number of rotatable bonds is 13. The van der Waals surface area contributed by atoms with Gasteiger partial charge in [0, 0.05) is 70.7 Å². The maximum absolute atomic E-state index is 14.0. The predicted molar refractivity (Wildman–Crippen MR) is 174 cm³/mol. The molecule has 0 saturated carbocycles. The normalized spacial score (nSPS) is 15.5. The van der Waals surface area contributed by atoms with Crippen molar-refractivity contribution in [2.45, 2.75) is 58.5 Å². The van der Waals surface area contributed by atoms with Gasteiger partial charge in [-0.1, -0.05) is 49.7 Å². The van der Waals surface area contributed by atoms with E-state index in [0.717, 1.165) is 73.3 Å². The van der Waals surface area contributed by atoms with Gasteiger partial charge in [-0.3, -0.25) is 9.80 Å². The van der Waals surface area contributed by atoms with Crippen molar-refractivity contribution in [3.8, 4) is 11.1 Å². The first-order chi connectivity index (χ1) is 21.2. The fourth-order valence-corrected chi connectivity index (χ4v) is 5.94. The topological polar surface area (TPSA) is 59.8 Å². The highest BCUT2D eigenvalue weighted by Crippen LogP contribution is 2.29. The quantitative estimate of drug-likeness (QED) is 0.162. The van der Waals surface area contributed by atoms with Gasteiger partial charge in [0.1, 0.15) is 17.9 Å². The summed E-state index contributed by atoms with van der Waals surface area (Å²) >= 11 is 0. The first-order valence-corrected chi connectivity index (χ1v) is 15.7. The molecule has 44 heavy (non-hydrogen) atoms. The number of carbonyl (C=O) groups is 1. The molecule has 1 aliphatic heterocycles. The Labute approximate surface area is 260 Å². The number of fused-ring (bicyclic) bond motifs is 1. The van der Waals surface area contributed by atoms with Gasteiger partial charge in [-0.2, -0.15) is 0 Å². The third-order valence-corrected chi connectivity index (χ3v) is 8.28. The zero-order chi connectivity index (χ0) is 31.1. The molecule has 0 radical (unpaired) electrons. The smallest absolute Gasteiger partial charge is 0.338 e. The van der Waals surface area contributed by atoms with Crippen LogP contribution in [0.1, 0.15) is 55.1 Å². The number of piperazine rings is 1. The number of halogens is 1. The number of pyridine rings is 1. The van der Waals surface area contributed by atoms with Crippen LogP contribution in [0.15, 0.2) is 73.1 Å². The van der Waals surface area contributed by atoms with E-state index in [0.29, 0.717) is 18.7 Å². The third kappa shape index (κ3) is 8.31. The van der Waals surface area contributed by atoms with Gasteiger partial charge in [0.15, 0.2) is 0 Å². The van der Waals surface area contributed by atoms with Crippen molar-refractivity contribution in [2.24, 2.45) is 0 Å². The molecular formula is C36H45FN4O3. The number of methoxy groups -OCH3 is 1. The number of benzene rings is 2. The van der Waals surface area contributed by atoms with Crippen molar-refractivity contribution >= 4 is 17.0 Å². The molecule has 7 nitrogen and oxygen atoms in total. The molecule has 1 unspecified atom stereocenters. The van der Waals surface area contributed by atoms with Gasteiger partial charge in [0.05, 0.1) is 11.7 Å². The Morgan fingerprint density at radius 2 is 1.59 bits per heavy atom. The van der Waals surface area contributed by atoms with Crippen LogP contribution in [0.4, 0.5) is 4.39 Å². The molecule has 2 aromatic carbocycles. The number of aromatic nitrogens is 2. The SMILES string of the molecule is CCCC(COC(=O)c1ccc(Cn2ccc3c(-c4ccc(CN5CCN(CC(C)(C)F)CC5)cc4)ccnc32)cc1)OC. The molecule has 1 saturated heterocycles. The lowest BCUT2D eigenvalue weighted by Gasteiger charge is -2.36. The van der Waals surface area contributed by atoms with Crippen LogP contribution in [0.25, 0.3) is 22.2 Å². The molecule has 8 heteroatoms. The second-order valence-electron chi connectivity index (χ2n) is 12.4. The Balaban J connectivity index is 1.20. The molecule has 0 spiro atoms. The fourth-order valence-electron chi connectivity index (χ4n) is 5.94. The first-order valence-electron chi connectivity index (χ1n) is 15.7. The summed E-state index contributed by atoms with van der Waals surface area (Å²) < 4.78 is 27.0. The van der Waals surface area contributed by atoms with Crippen LogP contribution in [0.3, 0.4) is 0 Å². The summed E-state index contributed by atoms with van der Waals surface area (Å²) in [4.78, 5) is 21.9. The van der Waals surface area contributed by atoms with Crippen LogP contribution < -0.4 is 0 Å². The summed E-state index contributed by atoms with van der Waals surface area (Å²) in [5.74, 6) is -0.335. The van der Waals surface area contributed by atoms with Crippen molar-refractivity contribution in [1.29, 1.82) is 0 Å². The minimum Gasteiger partial charge on any atom is -0.459 e. The zero-order valence-corrected chi connectivity index (χ0v) is 26.5. The largest absolute Gasteiger partial charge is 0.459 e. The average molecular weight is 601 g/mol. The number of carbonyl (C=O) groups excluding carboxylic acids is 1. The standard InChI is InChI=1S/C36H45FN4O3/c1-5-6-31(43-4)25-44-35(42)30-13-9-28(10-14-30)24-41-18-16-33-32(15-17-38-34(33)41)29-11-7-27(8-12-29)23-39-19-21-40(22-20-39)26-36(2,3)37/h7-18,31H,5-6,19-26H2,1-4H3. The molecular weight excluding hydrogens is 555 g/mol. The van der Waals surface area contributed by atoms with Gasteiger partial charge in [-0.15, -0.1) is 0 Å².